The Hall–Kier alpha value is -1.56. The summed E-state index contributed by atoms with van der Waals surface area (Å²) in [5.74, 6) is 0.253. The van der Waals surface area contributed by atoms with Crippen LogP contribution in [0.2, 0.25) is 0 Å². The molecule has 1 atom stereocenters. The Morgan fingerprint density at radius 3 is 2.29 bits per heavy atom. The maximum atomic E-state index is 12.5. The zero-order valence-corrected chi connectivity index (χ0v) is 14.1. The molecule has 1 rings (SSSR count). The summed E-state index contributed by atoms with van der Waals surface area (Å²) in [7, 11) is -1.68. The number of rotatable bonds is 5. The van der Waals surface area contributed by atoms with Crippen molar-refractivity contribution in [2.45, 2.75) is 38.1 Å². The minimum absolute atomic E-state index is 0.0655. The Labute approximate surface area is 127 Å². The highest BCUT2D eigenvalue weighted by atomic mass is 32.2. The third kappa shape index (κ3) is 4.74. The molecule has 5 nitrogen and oxygen atoms in total. The van der Waals surface area contributed by atoms with Crippen molar-refractivity contribution in [3.05, 3.63) is 23.8 Å². The van der Waals surface area contributed by atoms with Gasteiger partial charge in [0.05, 0.1) is 4.90 Å². The maximum absolute atomic E-state index is 12.5. The number of nitrogens with two attached hydrogens (primary N) is 1. The maximum Gasteiger partial charge on any atom is 0.253 e. The standard InChI is InChI=1S/C15H24N2O3S/c1-10(2)6-11(3)17(4)15(18)12-7-13(16)9-14(8-12)21(5,19)20/h7-11H,6,16H2,1-5H3. The largest absolute Gasteiger partial charge is 0.399 e. The van der Waals surface area contributed by atoms with Crippen LogP contribution in [0.1, 0.15) is 37.6 Å². The number of sulfone groups is 1. The van der Waals surface area contributed by atoms with Crippen molar-refractivity contribution < 1.29 is 13.2 Å². The van der Waals surface area contributed by atoms with Gasteiger partial charge in [-0.15, -0.1) is 0 Å². The van der Waals surface area contributed by atoms with Crippen LogP contribution in [0, 0.1) is 5.92 Å². The van der Waals surface area contributed by atoms with Gasteiger partial charge in [0.25, 0.3) is 5.91 Å². The molecule has 2 N–H and O–H groups in total. The molecule has 1 aromatic rings. The Kier molecular flexibility index (Phi) is 5.39. The van der Waals surface area contributed by atoms with Gasteiger partial charge in [-0.3, -0.25) is 4.79 Å². The molecule has 0 aliphatic rings. The molecule has 21 heavy (non-hydrogen) atoms. The molecule has 6 heteroatoms. The van der Waals surface area contributed by atoms with Crippen molar-refractivity contribution in [1.82, 2.24) is 4.90 Å². The van der Waals surface area contributed by atoms with Crippen molar-refractivity contribution in [2.75, 3.05) is 19.0 Å². The van der Waals surface area contributed by atoms with E-state index in [1.165, 1.54) is 18.2 Å². The molecule has 1 amide bonds. The third-order valence-electron chi connectivity index (χ3n) is 3.40. The first kappa shape index (κ1) is 17.5. The molecule has 0 aliphatic carbocycles. The molecule has 0 saturated carbocycles. The highest BCUT2D eigenvalue weighted by Crippen LogP contribution is 2.19. The van der Waals surface area contributed by atoms with Crippen LogP contribution in [0.25, 0.3) is 0 Å². The smallest absolute Gasteiger partial charge is 0.253 e. The molecule has 0 aromatic heterocycles. The number of hydrogen-bond acceptors (Lipinski definition) is 4. The molecular formula is C15H24N2O3S. The van der Waals surface area contributed by atoms with E-state index < -0.39 is 9.84 Å². The Morgan fingerprint density at radius 1 is 1.24 bits per heavy atom. The van der Waals surface area contributed by atoms with E-state index in [4.69, 9.17) is 5.73 Å². The van der Waals surface area contributed by atoms with Gasteiger partial charge in [-0.25, -0.2) is 8.42 Å². The summed E-state index contributed by atoms with van der Waals surface area (Å²) in [6, 6.07) is 4.33. The molecule has 0 bridgehead atoms. The topological polar surface area (TPSA) is 80.5 Å². The van der Waals surface area contributed by atoms with Crippen LogP contribution in [-0.4, -0.2) is 38.6 Å². The predicted octanol–water partition coefficient (Wildman–Crippen LogP) is 2.18. The number of nitrogen functional groups attached to an aromatic ring is 1. The van der Waals surface area contributed by atoms with Gasteiger partial charge in [0.15, 0.2) is 9.84 Å². The fourth-order valence-electron chi connectivity index (χ4n) is 2.20. The molecule has 0 fully saturated rings. The van der Waals surface area contributed by atoms with E-state index in [0.717, 1.165) is 12.7 Å². The van der Waals surface area contributed by atoms with E-state index in [0.29, 0.717) is 11.5 Å². The number of anilines is 1. The van der Waals surface area contributed by atoms with Gasteiger partial charge in [0, 0.05) is 30.6 Å². The lowest BCUT2D eigenvalue weighted by Crippen LogP contribution is -2.36. The highest BCUT2D eigenvalue weighted by Gasteiger charge is 2.20. The number of nitrogens with zero attached hydrogens (tertiary/aromatic N) is 1. The second kappa shape index (κ2) is 6.47. The number of amides is 1. The van der Waals surface area contributed by atoms with Gasteiger partial charge >= 0.3 is 0 Å². The predicted molar refractivity (Wildman–Crippen MR) is 85.0 cm³/mol. The third-order valence-corrected chi connectivity index (χ3v) is 4.49. The second-order valence-electron chi connectivity index (χ2n) is 5.96. The average Bonchev–Trinajstić information content (AvgIpc) is 2.34. The molecule has 1 aromatic carbocycles. The molecule has 118 valence electrons. The van der Waals surface area contributed by atoms with Crippen LogP contribution < -0.4 is 5.73 Å². The van der Waals surface area contributed by atoms with E-state index >= 15 is 0 Å². The van der Waals surface area contributed by atoms with Crippen LogP contribution in [0.3, 0.4) is 0 Å². The van der Waals surface area contributed by atoms with Gasteiger partial charge in [0.1, 0.15) is 0 Å². The van der Waals surface area contributed by atoms with Gasteiger partial charge in [-0.05, 0) is 37.5 Å². The zero-order valence-electron chi connectivity index (χ0n) is 13.3. The molecule has 0 spiro atoms. The SMILES string of the molecule is CC(C)CC(C)N(C)C(=O)c1cc(N)cc(S(C)(=O)=O)c1. The summed E-state index contributed by atoms with van der Waals surface area (Å²) >= 11 is 0. The fraction of sp³-hybridized carbons (Fsp3) is 0.533. The lowest BCUT2D eigenvalue weighted by molar-refractivity contribution is 0.0728. The van der Waals surface area contributed by atoms with Crippen molar-refractivity contribution in [1.29, 1.82) is 0 Å². The van der Waals surface area contributed by atoms with Gasteiger partial charge in [-0.2, -0.15) is 0 Å². The van der Waals surface area contributed by atoms with Gasteiger partial charge < -0.3 is 10.6 Å². The van der Waals surface area contributed by atoms with E-state index in [-0.39, 0.29) is 22.5 Å². The van der Waals surface area contributed by atoms with Crippen LogP contribution in [-0.2, 0) is 9.84 Å². The number of benzene rings is 1. The number of carbonyl (C=O) groups is 1. The first-order chi connectivity index (χ1) is 9.52. The quantitative estimate of drug-likeness (QED) is 0.845. The van der Waals surface area contributed by atoms with Crippen molar-refractivity contribution in [3.8, 4) is 0 Å². The van der Waals surface area contributed by atoms with E-state index in [2.05, 4.69) is 13.8 Å². The van der Waals surface area contributed by atoms with Gasteiger partial charge in [0.2, 0.25) is 0 Å². The summed E-state index contributed by atoms with van der Waals surface area (Å²) < 4.78 is 23.3. The average molecular weight is 312 g/mol. The Morgan fingerprint density at radius 2 is 1.81 bits per heavy atom. The molecular weight excluding hydrogens is 288 g/mol. The van der Waals surface area contributed by atoms with Crippen molar-refractivity contribution >= 4 is 21.4 Å². The first-order valence-corrected chi connectivity index (χ1v) is 8.79. The lowest BCUT2D eigenvalue weighted by Gasteiger charge is -2.26. The summed E-state index contributed by atoms with van der Waals surface area (Å²) in [5.41, 5.74) is 6.28. The van der Waals surface area contributed by atoms with E-state index in [9.17, 15) is 13.2 Å². The van der Waals surface area contributed by atoms with Gasteiger partial charge in [-0.1, -0.05) is 13.8 Å². The zero-order chi connectivity index (χ0) is 16.4. The minimum atomic E-state index is -3.40. The van der Waals surface area contributed by atoms with Crippen LogP contribution in [0.5, 0.6) is 0 Å². The number of carbonyl (C=O) groups excluding carboxylic acids is 1. The van der Waals surface area contributed by atoms with Crippen LogP contribution >= 0.6 is 0 Å². The van der Waals surface area contributed by atoms with E-state index in [1.807, 2.05) is 6.92 Å². The van der Waals surface area contributed by atoms with Crippen LogP contribution in [0.4, 0.5) is 5.69 Å². The summed E-state index contributed by atoms with van der Waals surface area (Å²) in [5, 5.41) is 0. The molecule has 1 unspecified atom stereocenters. The summed E-state index contributed by atoms with van der Waals surface area (Å²) in [6.45, 7) is 6.16. The van der Waals surface area contributed by atoms with Crippen molar-refractivity contribution in [2.24, 2.45) is 5.92 Å². The number of hydrogen-bond donors (Lipinski definition) is 1. The monoisotopic (exact) mass is 312 g/mol. The van der Waals surface area contributed by atoms with E-state index in [1.54, 1.807) is 11.9 Å². The normalized spacial score (nSPS) is 13.2. The highest BCUT2D eigenvalue weighted by molar-refractivity contribution is 7.90. The molecule has 0 aliphatic heterocycles. The fourth-order valence-corrected chi connectivity index (χ4v) is 2.89. The Bertz CT molecular complexity index is 624. The molecule has 0 heterocycles. The summed E-state index contributed by atoms with van der Waals surface area (Å²) in [4.78, 5) is 14.2. The molecule has 0 radical (unpaired) electrons. The summed E-state index contributed by atoms with van der Waals surface area (Å²) in [6.07, 6.45) is 1.98. The van der Waals surface area contributed by atoms with Crippen molar-refractivity contribution in [3.63, 3.8) is 0 Å². The van der Waals surface area contributed by atoms with Crippen LogP contribution in [0.15, 0.2) is 23.1 Å². The lowest BCUT2D eigenvalue weighted by atomic mass is 10.0. The first-order valence-electron chi connectivity index (χ1n) is 6.90. The Balaban J connectivity index is 3.10. The second-order valence-corrected chi connectivity index (χ2v) is 7.97. The molecule has 0 saturated heterocycles. The minimum Gasteiger partial charge on any atom is -0.399 e.